The second-order valence-electron chi connectivity index (χ2n) is 6.19. The lowest BCUT2D eigenvalue weighted by Crippen LogP contribution is -2.22. The Labute approximate surface area is 128 Å². The summed E-state index contributed by atoms with van der Waals surface area (Å²) >= 11 is 0. The fourth-order valence-electron chi connectivity index (χ4n) is 2.94. The van der Waals surface area contributed by atoms with E-state index in [0.29, 0.717) is 12.5 Å². The summed E-state index contributed by atoms with van der Waals surface area (Å²) in [7, 11) is 0. The first kappa shape index (κ1) is 15.2. The van der Waals surface area contributed by atoms with Crippen molar-refractivity contribution in [1.29, 1.82) is 0 Å². The summed E-state index contributed by atoms with van der Waals surface area (Å²) in [5.41, 5.74) is 1.73. The van der Waals surface area contributed by atoms with Crippen LogP contribution in [-0.2, 0) is 6.54 Å². The number of aromatic nitrogens is 1. The van der Waals surface area contributed by atoms with Crippen LogP contribution < -0.4 is 0 Å². The molecule has 5 heteroatoms. The van der Waals surface area contributed by atoms with E-state index in [9.17, 15) is 8.78 Å². The SMILES string of the molecule is CC(C)c1cc([C@@H]2CCCN2Cc2ccc(F)c(F)c2)on1. The van der Waals surface area contributed by atoms with Crippen LogP contribution in [0.5, 0.6) is 0 Å². The average molecular weight is 306 g/mol. The van der Waals surface area contributed by atoms with E-state index >= 15 is 0 Å². The van der Waals surface area contributed by atoms with E-state index in [1.165, 1.54) is 12.1 Å². The maximum atomic E-state index is 13.3. The lowest BCUT2D eigenvalue weighted by Gasteiger charge is -2.22. The summed E-state index contributed by atoms with van der Waals surface area (Å²) in [5, 5.41) is 4.12. The summed E-state index contributed by atoms with van der Waals surface area (Å²) in [4.78, 5) is 2.23. The Kier molecular flexibility index (Phi) is 4.25. The topological polar surface area (TPSA) is 29.3 Å². The molecule has 118 valence electrons. The number of hydrogen-bond donors (Lipinski definition) is 0. The van der Waals surface area contributed by atoms with Crippen LogP contribution in [0.4, 0.5) is 8.78 Å². The monoisotopic (exact) mass is 306 g/mol. The number of likely N-dealkylation sites (tertiary alicyclic amines) is 1. The maximum absolute atomic E-state index is 13.3. The van der Waals surface area contributed by atoms with Crippen molar-refractivity contribution in [2.45, 2.75) is 45.2 Å². The van der Waals surface area contributed by atoms with E-state index in [-0.39, 0.29) is 6.04 Å². The van der Waals surface area contributed by atoms with Gasteiger partial charge in [0, 0.05) is 12.6 Å². The highest BCUT2D eigenvalue weighted by Crippen LogP contribution is 2.34. The molecule has 3 rings (SSSR count). The number of halogens is 2. The van der Waals surface area contributed by atoms with Gasteiger partial charge in [-0.1, -0.05) is 25.1 Å². The first-order valence-corrected chi connectivity index (χ1v) is 7.69. The van der Waals surface area contributed by atoms with Gasteiger partial charge in [-0.3, -0.25) is 4.90 Å². The van der Waals surface area contributed by atoms with Crippen LogP contribution in [0.1, 0.15) is 55.7 Å². The molecular formula is C17H20F2N2O. The van der Waals surface area contributed by atoms with E-state index in [0.717, 1.165) is 36.4 Å². The minimum absolute atomic E-state index is 0.160. The first-order valence-electron chi connectivity index (χ1n) is 7.69. The third-order valence-corrected chi connectivity index (χ3v) is 4.20. The highest BCUT2D eigenvalue weighted by atomic mass is 19.2. The molecule has 3 nitrogen and oxygen atoms in total. The molecule has 22 heavy (non-hydrogen) atoms. The molecule has 1 aromatic carbocycles. The highest BCUT2D eigenvalue weighted by Gasteiger charge is 2.29. The fraction of sp³-hybridized carbons (Fsp3) is 0.471. The Hall–Kier alpha value is -1.75. The molecule has 1 saturated heterocycles. The van der Waals surface area contributed by atoms with Crippen molar-refractivity contribution in [3.05, 3.63) is 52.9 Å². The Balaban J connectivity index is 1.76. The molecule has 0 saturated carbocycles. The quantitative estimate of drug-likeness (QED) is 0.837. The van der Waals surface area contributed by atoms with Crippen molar-refractivity contribution in [3.8, 4) is 0 Å². The third kappa shape index (κ3) is 3.04. The molecule has 0 bridgehead atoms. The number of rotatable bonds is 4. The summed E-state index contributed by atoms with van der Waals surface area (Å²) in [6.07, 6.45) is 2.06. The molecule has 1 atom stereocenters. The molecule has 1 aromatic heterocycles. The van der Waals surface area contributed by atoms with Gasteiger partial charge in [0.25, 0.3) is 0 Å². The molecule has 0 amide bonds. The summed E-state index contributed by atoms with van der Waals surface area (Å²) in [6, 6.07) is 6.26. The molecule has 0 aliphatic carbocycles. The van der Waals surface area contributed by atoms with Gasteiger partial charge >= 0.3 is 0 Å². The van der Waals surface area contributed by atoms with Crippen LogP contribution in [0.2, 0.25) is 0 Å². The summed E-state index contributed by atoms with van der Waals surface area (Å²) in [5.74, 6) is -0.407. The Morgan fingerprint density at radius 2 is 2.09 bits per heavy atom. The lowest BCUT2D eigenvalue weighted by atomic mass is 10.1. The number of benzene rings is 1. The summed E-state index contributed by atoms with van der Waals surface area (Å²) < 4.78 is 31.9. The molecule has 0 N–H and O–H groups in total. The van der Waals surface area contributed by atoms with Gasteiger partial charge in [-0.15, -0.1) is 0 Å². The van der Waals surface area contributed by atoms with E-state index in [1.54, 1.807) is 6.07 Å². The van der Waals surface area contributed by atoms with Crippen molar-refractivity contribution in [1.82, 2.24) is 10.1 Å². The largest absolute Gasteiger partial charge is 0.359 e. The Morgan fingerprint density at radius 3 is 2.77 bits per heavy atom. The van der Waals surface area contributed by atoms with Gasteiger partial charge in [-0.05, 0) is 43.0 Å². The zero-order valence-corrected chi connectivity index (χ0v) is 12.9. The molecule has 0 unspecified atom stereocenters. The van der Waals surface area contributed by atoms with E-state index in [1.807, 2.05) is 6.07 Å². The standard InChI is InChI=1S/C17H20F2N2O/c1-11(2)15-9-17(22-20-15)16-4-3-7-21(16)10-12-5-6-13(18)14(19)8-12/h5-6,8-9,11,16H,3-4,7,10H2,1-2H3/t16-/m0/s1. The van der Waals surface area contributed by atoms with Crippen LogP contribution in [0, 0.1) is 11.6 Å². The van der Waals surface area contributed by atoms with Crippen molar-refractivity contribution in [2.24, 2.45) is 0 Å². The van der Waals surface area contributed by atoms with E-state index in [2.05, 4.69) is 23.9 Å². The van der Waals surface area contributed by atoms with Crippen LogP contribution in [0.3, 0.4) is 0 Å². The van der Waals surface area contributed by atoms with Gasteiger partial charge in [0.15, 0.2) is 17.4 Å². The predicted molar refractivity (Wildman–Crippen MR) is 79.3 cm³/mol. The van der Waals surface area contributed by atoms with Crippen LogP contribution in [-0.4, -0.2) is 16.6 Å². The van der Waals surface area contributed by atoms with Gasteiger partial charge in [-0.25, -0.2) is 8.78 Å². The normalized spacial score (nSPS) is 19.2. The second kappa shape index (κ2) is 6.16. The third-order valence-electron chi connectivity index (χ3n) is 4.20. The first-order chi connectivity index (χ1) is 10.5. The molecular weight excluding hydrogens is 286 g/mol. The number of nitrogens with zero attached hydrogens (tertiary/aromatic N) is 2. The van der Waals surface area contributed by atoms with E-state index < -0.39 is 11.6 Å². The zero-order chi connectivity index (χ0) is 15.7. The van der Waals surface area contributed by atoms with Crippen molar-refractivity contribution in [3.63, 3.8) is 0 Å². The highest BCUT2D eigenvalue weighted by molar-refractivity contribution is 5.19. The maximum Gasteiger partial charge on any atom is 0.159 e. The number of hydrogen-bond acceptors (Lipinski definition) is 3. The minimum Gasteiger partial charge on any atom is -0.359 e. The predicted octanol–water partition coefficient (Wildman–Crippen LogP) is 4.41. The Morgan fingerprint density at radius 1 is 1.27 bits per heavy atom. The second-order valence-corrected chi connectivity index (χ2v) is 6.19. The molecule has 0 spiro atoms. The van der Waals surface area contributed by atoms with Gasteiger partial charge in [-0.2, -0.15) is 0 Å². The molecule has 2 aromatic rings. The molecule has 0 radical (unpaired) electrons. The molecule has 1 aliphatic heterocycles. The van der Waals surface area contributed by atoms with Crippen molar-refractivity contribution < 1.29 is 13.3 Å². The van der Waals surface area contributed by atoms with E-state index in [4.69, 9.17) is 4.52 Å². The summed E-state index contributed by atoms with van der Waals surface area (Å²) in [6.45, 7) is 5.66. The molecule has 1 fully saturated rings. The van der Waals surface area contributed by atoms with Crippen molar-refractivity contribution in [2.75, 3.05) is 6.54 Å². The van der Waals surface area contributed by atoms with Gasteiger partial charge in [0.1, 0.15) is 0 Å². The minimum atomic E-state index is -0.807. The van der Waals surface area contributed by atoms with Crippen LogP contribution >= 0.6 is 0 Å². The lowest BCUT2D eigenvalue weighted by molar-refractivity contribution is 0.206. The van der Waals surface area contributed by atoms with Crippen LogP contribution in [0.15, 0.2) is 28.8 Å². The van der Waals surface area contributed by atoms with Gasteiger partial charge in [0.2, 0.25) is 0 Å². The van der Waals surface area contributed by atoms with Gasteiger partial charge < -0.3 is 4.52 Å². The average Bonchev–Trinajstić information content (AvgIpc) is 3.11. The Bertz CT molecular complexity index is 654. The van der Waals surface area contributed by atoms with Crippen LogP contribution in [0.25, 0.3) is 0 Å². The molecule has 2 heterocycles. The van der Waals surface area contributed by atoms with Gasteiger partial charge in [0.05, 0.1) is 11.7 Å². The zero-order valence-electron chi connectivity index (χ0n) is 12.9. The smallest absolute Gasteiger partial charge is 0.159 e. The van der Waals surface area contributed by atoms with Crippen molar-refractivity contribution >= 4 is 0 Å². The fourth-order valence-corrected chi connectivity index (χ4v) is 2.94. The molecule has 1 aliphatic rings.